The Hall–Kier alpha value is -3.55. The number of primary amides is 1. The monoisotopic (exact) mass is 422 g/mol. The van der Waals surface area contributed by atoms with Gasteiger partial charge in [-0.15, -0.1) is 0 Å². The van der Waals surface area contributed by atoms with Crippen LogP contribution in [0.15, 0.2) is 40.9 Å². The molecule has 0 aliphatic carbocycles. The maximum atomic E-state index is 13.5. The number of rotatable bonds is 4. The lowest BCUT2D eigenvalue weighted by Crippen LogP contribution is -2.39. The number of nitrogens with zero attached hydrogens (tertiary/aromatic N) is 3. The van der Waals surface area contributed by atoms with Gasteiger partial charge in [0.15, 0.2) is 0 Å². The highest BCUT2D eigenvalue weighted by Gasteiger charge is 2.25. The third-order valence-electron chi connectivity index (χ3n) is 5.73. The molecule has 2 aromatic carbocycles. The van der Waals surface area contributed by atoms with E-state index in [9.17, 15) is 9.59 Å². The second-order valence-electron chi connectivity index (χ2n) is 7.76. The van der Waals surface area contributed by atoms with Crippen molar-refractivity contribution < 1.29 is 18.8 Å². The number of urea groups is 1. The van der Waals surface area contributed by atoms with Gasteiger partial charge in [0.05, 0.1) is 16.8 Å². The van der Waals surface area contributed by atoms with E-state index in [2.05, 4.69) is 5.16 Å². The minimum absolute atomic E-state index is 0.120. The molecule has 1 saturated heterocycles. The molecule has 162 valence electrons. The van der Waals surface area contributed by atoms with Crippen LogP contribution >= 0.6 is 0 Å². The first kappa shape index (κ1) is 20.7. The molecule has 0 atom stereocenters. The molecule has 2 N–H and O–H groups in total. The predicted octanol–water partition coefficient (Wildman–Crippen LogP) is 3.25. The molecule has 0 bridgehead atoms. The summed E-state index contributed by atoms with van der Waals surface area (Å²) >= 11 is 0. The zero-order valence-corrected chi connectivity index (χ0v) is 17.8. The van der Waals surface area contributed by atoms with Crippen molar-refractivity contribution in [3.8, 4) is 5.75 Å². The van der Waals surface area contributed by atoms with Gasteiger partial charge >= 0.3 is 6.03 Å². The van der Waals surface area contributed by atoms with E-state index in [1.807, 2.05) is 50.2 Å². The van der Waals surface area contributed by atoms with E-state index in [4.69, 9.17) is 15.0 Å². The van der Waals surface area contributed by atoms with Gasteiger partial charge in [0, 0.05) is 26.2 Å². The number of hydrogen-bond acceptors (Lipinski definition) is 5. The number of ether oxygens (including phenoxy) is 1. The van der Waals surface area contributed by atoms with Gasteiger partial charge in [0.25, 0.3) is 5.91 Å². The van der Waals surface area contributed by atoms with Crippen LogP contribution < -0.4 is 10.5 Å². The Balaban J connectivity index is 1.64. The Morgan fingerprint density at radius 1 is 1.06 bits per heavy atom. The predicted molar refractivity (Wildman–Crippen MR) is 116 cm³/mol. The number of benzene rings is 2. The Bertz CT molecular complexity index is 1100. The lowest BCUT2D eigenvalue weighted by Gasteiger charge is -2.23. The molecular weight excluding hydrogens is 396 g/mol. The molecule has 1 aliphatic rings. The van der Waals surface area contributed by atoms with E-state index in [1.165, 1.54) is 0 Å². The van der Waals surface area contributed by atoms with Crippen molar-refractivity contribution >= 4 is 22.7 Å². The van der Waals surface area contributed by atoms with Crippen LogP contribution in [-0.4, -0.2) is 53.1 Å². The second-order valence-corrected chi connectivity index (χ2v) is 7.76. The molecule has 2 heterocycles. The molecule has 4 rings (SSSR count). The molecule has 1 aromatic heterocycles. The van der Waals surface area contributed by atoms with Crippen molar-refractivity contribution in [2.75, 3.05) is 26.2 Å². The molecule has 1 aliphatic heterocycles. The maximum absolute atomic E-state index is 13.5. The number of hydrogen-bond donors (Lipinski definition) is 1. The average molecular weight is 422 g/mol. The molecule has 8 heteroatoms. The summed E-state index contributed by atoms with van der Waals surface area (Å²) in [5.41, 5.74) is 7.56. The molecule has 0 unspecified atom stereocenters. The Labute approximate surface area is 180 Å². The number of carbonyl (C=O) groups is 2. The molecular formula is C23H26N4O4. The maximum Gasteiger partial charge on any atom is 0.314 e. The topological polar surface area (TPSA) is 102 Å². The fourth-order valence-corrected chi connectivity index (χ4v) is 3.88. The first-order valence-corrected chi connectivity index (χ1v) is 10.3. The third-order valence-corrected chi connectivity index (χ3v) is 5.73. The fraction of sp³-hybridized carbons (Fsp3) is 0.348. The van der Waals surface area contributed by atoms with Gasteiger partial charge in [-0.3, -0.25) is 4.79 Å². The van der Waals surface area contributed by atoms with Crippen LogP contribution in [0.3, 0.4) is 0 Å². The van der Waals surface area contributed by atoms with E-state index in [0.717, 1.165) is 22.0 Å². The Kier molecular flexibility index (Phi) is 5.79. The van der Waals surface area contributed by atoms with E-state index < -0.39 is 6.03 Å². The largest absolute Gasteiger partial charge is 0.488 e. The first-order valence-electron chi connectivity index (χ1n) is 10.3. The van der Waals surface area contributed by atoms with Gasteiger partial charge < -0.3 is 24.8 Å². The van der Waals surface area contributed by atoms with Gasteiger partial charge in [-0.1, -0.05) is 29.4 Å². The van der Waals surface area contributed by atoms with Crippen molar-refractivity contribution in [3.05, 3.63) is 59.0 Å². The molecule has 31 heavy (non-hydrogen) atoms. The summed E-state index contributed by atoms with van der Waals surface area (Å²) in [6.45, 7) is 5.91. The zero-order chi connectivity index (χ0) is 22.0. The van der Waals surface area contributed by atoms with Crippen molar-refractivity contribution in [1.29, 1.82) is 0 Å². The highest BCUT2D eigenvalue weighted by molar-refractivity contribution is 6.01. The summed E-state index contributed by atoms with van der Waals surface area (Å²) in [4.78, 5) is 28.3. The quantitative estimate of drug-likeness (QED) is 0.695. The van der Waals surface area contributed by atoms with E-state index in [0.29, 0.717) is 49.7 Å². The van der Waals surface area contributed by atoms with Crippen LogP contribution in [0.5, 0.6) is 5.75 Å². The van der Waals surface area contributed by atoms with Gasteiger partial charge in [-0.2, -0.15) is 0 Å². The molecule has 8 nitrogen and oxygen atoms in total. The highest BCUT2D eigenvalue weighted by Crippen LogP contribution is 2.29. The van der Waals surface area contributed by atoms with Crippen molar-refractivity contribution in [3.63, 3.8) is 0 Å². The number of aryl methyl sites for hydroxylation is 2. The number of aromatic nitrogens is 1. The smallest absolute Gasteiger partial charge is 0.314 e. The summed E-state index contributed by atoms with van der Waals surface area (Å²) < 4.78 is 11.3. The van der Waals surface area contributed by atoms with E-state index >= 15 is 0 Å². The molecule has 0 spiro atoms. The average Bonchev–Trinajstić information content (AvgIpc) is 2.95. The SMILES string of the molecule is Cc1noc(C)c1COc1cc2ccccc2cc1C(=O)N1CCCN(C(N)=O)CC1. The van der Waals surface area contributed by atoms with Crippen molar-refractivity contribution in [2.24, 2.45) is 5.73 Å². The van der Waals surface area contributed by atoms with Crippen LogP contribution in [-0.2, 0) is 6.61 Å². The van der Waals surface area contributed by atoms with Gasteiger partial charge in [-0.25, -0.2) is 4.79 Å². The minimum atomic E-state index is -0.455. The standard InChI is InChI=1S/C23H26N4O4/c1-15-20(16(2)31-25-15)14-30-21-13-18-7-4-3-6-17(18)12-19(21)22(28)26-8-5-9-27(11-10-26)23(24)29/h3-4,6-7,12-13H,5,8-11,14H2,1-2H3,(H2,24,29). The van der Waals surface area contributed by atoms with E-state index in [-0.39, 0.29) is 12.5 Å². The molecule has 1 fully saturated rings. The van der Waals surface area contributed by atoms with Crippen LogP contribution in [0, 0.1) is 13.8 Å². The van der Waals surface area contributed by atoms with E-state index in [1.54, 1.807) is 9.80 Å². The number of amides is 3. The highest BCUT2D eigenvalue weighted by atomic mass is 16.5. The fourth-order valence-electron chi connectivity index (χ4n) is 3.88. The molecule has 0 saturated carbocycles. The Morgan fingerprint density at radius 3 is 2.42 bits per heavy atom. The number of nitrogens with two attached hydrogens (primary N) is 1. The number of fused-ring (bicyclic) bond motifs is 1. The van der Waals surface area contributed by atoms with Crippen LogP contribution in [0.4, 0.5) is 4.79 Å². The van der Waals surface area contributed by atoms with Crippen LogP contribution in [0.1, 0.15) is 33.8 Å². The lowest BCUT2D eigenvalue weighted by atomic mass is 10.0. The summed E-state index contributed by atoms with van der Waals surface area (Å²) in [6, 6.07) is 11.2. The summed E-state index contributed by atoms with van der Waals surface area (Å²) in [5, 5.41) is 5.92. The van der Waals surface area contributed by atoms with Crippen LogP contribution in [0.25, 0.3) is 10.8 Å². The van der Waals surface area contributed by atoms with Crippen molar-refractivity contribution in [2.45, 2.75) is 26.9 Å². The third kappa shape index (κ3) is 4.33. The van der Waals surface area contributed by atoms with Gasteiger partial charge in [0.2, 0.25) is 0 Å². The minimum Gasteiger partial charge on any atom is -0.488 e. The normalized spacial score (nSPS) is 14.5. The summed E-state index contributed by atoms with van der Waals surface area (Å²) in [7, 11) is 0. The summed E-state index contributed by atoms with van der Waals surface area (Å²) in [6.07, 6.45) is 0.678. The Morgan fingerprint density at radius 2 is 1.74 bits per heavy atom. The first-order chi connectivity index (χ1) is 14.9. The van der Waals surface area contributed by atoms with Gasteiger partial charge in [-0.05, 0) is 43.2 Å². The molecule has 3 aromatic rings. The van der Waals surface area contributed by atoms with Crippen molar-refractivity contribution in [1.82, 2.24) is 15.0 Å². The lowest BCUT2D eigenvalue weighted by molar-refractivity contribution is 0.0758. The van der Waals surface area contributed by atoms with Crippen LogP contribution in [0.2, 0.25) is 0 Å². The summed E-state index contributed by atoms with van der Waals surface area (Å²) in [5.74, 6) is 1.09. The zero-order valence-electron chi connectivity index (χ0n) is 17.8. The second kappa shape index (κ2) is 8.67. The number of carbonyl (C=O) groups excluding carboxylic acids is 2. The molecule has 3 amide bonds. The molecule has 0 radical (unpaired) electrons. The van der Waals surface area contributed by atoms with Gasteiger partial charge in [0.1, 0.15) is 18.1 Å².